The minimum Gasteiger partial charge on any atom is -0.339 e. The van der Waals surface area contributed by atoms with E-state index in [1.165, 1.54) is 23.1 Å². The SMILES string of the molecule is O=C(Cc1c(F)cccc1Cl)N1CCN(C(=O)Cn2cnnn2)CC1. The van der Waals surface area contributed by atoms with Crippen molar-refractivity contribution >= 4 is 23.4 Å². The molecule has 3 rings (SSSR count). The van der Waals surface area contributed by atoms with Gasteiger partial charge in [0.15, 0.2) is 0 Å². The number of nitrogens with zero attached hydrogens (tertiary/aromatic N) is 6. The second-order valence-electron chi connectivity index (χ2n) is 5.65. The van der Waals surface area contributed by atoms with E-state index in [2.05, 4.69) is 15.5 Å². The number of piperazine rings is 1. The number of aromatic nitrogens is 4. The van der Waals surface area contributed by atoms with E-state index in [4.69, 9.17) is 11.6 Å². The number of hydrogen-bond donors (Lipinski definition) is 0. The predicted molar refractivity (Wildman–Crippen MR) is 86.1 cm³/mol. The van der Waals surface area contributed by atoms with Gasteiger partial charge in [-0.15, -0.1) is 5.10 Å². The summed E-state index contributed by atoms with van der Waals surface area (Å²) in [6.07, 6.45) is 1.28. The Kier molecular flexibility index (Phi) is 5.22. The predicted octanol–water partition coefficient (Wildman–Crippen LogP) is 0.379. The minimum atomic E-state index is -0.490. The molecule has 0 aliphatic carbocycles. The molecule has 10 heteroatoms. The lowest BCUT2D eigenvalue weighted by atomic mass is 10.1. The maximum absolute atomic E-state index is 13.8. The number of amides is 2. The van der Waals surface area contributed by atoms with Gasteiger partial charge in [-0.2, -0.15) is 0 Å². The number of hydrogen-bond acceptors (Lipinski definition) is 5. The van der Waals surface area contributed by atoms with E-state index in [1.54, 1.807) is 15.9 Å². The second kappa shape index (κ2) is 7.56. The van der Waals surface area contributed by atoms with Gasteiger partial charge >= 0.3 is 0 Å². The van der Waals surface area contributed by atoms with E-state index >= 15 is 0 Å². The highest BCUT2D eigenvalue weighted by molar-refractivity contribution is 6.31. The van der Waals surface area contributed by atoms with E-state index in [0.717, 1.165) is 0 Å². The lowest BCUT2D eigenvalue weighted by Gasteiger charge is -2.34. The third-order valence-corrected chi connectivity index (χ3v) is 4.42. The van der Waals surface area contributed by atoms with Crippen molar-refractivity contribution in [3.05, 3.63) is 40.9 Å². The fourth-order valence-electron chi connectivity index (χ4n) is 2.66. The van der Waals surface area contributed by atoms with Crippen LogP contribution in [-0.2, 0) is 22.6 Å². The van der Waals surface area contributed by atoms with Crippen LogP contribution in [-0.4, -0.2) is 68.0 Å². The zero-order valence-electron chi connectivity index (χ0n) is 13.3. The Hall–Kier alpha value is -2.55. The molecule has 1 fully saturated rings. The molecule has 0 radical (unpaired) electrons. The van der Waals surface area contributed by atoms with Crippen LogP contribution in [0.4, 0.5) is 4.39 Å². The Balaban J connectivity index is 1.53. The molecule has 2 heterocycles. The molecular weight excluding hydrogens is 351 g/mol. The molecule has 1 saturated heterocycles. The highest BCUT2D eigenvalue weighted by Crippen LogP contribution is 2.20. The largest absolute Gasteiger partial charge is 0.339 e. The van der Waals surface area contributed by atoms with Crippen molar-refractivity contribution in [2.24, 2.45) is 0 Å². The first-order valence-electron chi connectivity index (χ1n) is 7.74. The van der Waals surface area contributed by atoms with Crippen LogP contribution in [0.2, 0.25) is 5.02 Å². The number of rotatable bonds is 4. The van der Waals surface area contributed by atoms with Crippen LogP contribution in [0, 0.1) is 5.82 Å². The summed E-state index contributed by atoms with van der Waals surface area (Å²) in [6, 6.07) is 4.34. The first-order valence-corrected chi connectivity index (χ1v) is 8.11. The number of tetrazole rings is 1. The Labute approximate surface area is 148 Å². The fraction of sp³-hybridized carbons (Fsp3) is 0.400. The van der Waals surface area contributed by atoms with Crippen molar-refractivity contribution in [2.45, 2.75) is 13.0 Å². The van der Waals surface area contributed by atoms with Gasteiger partial charge in [-0.1, -0.05) is 17.7 Å². The quantitative estimate of drug-likeness (QED) is 0.781. The van der Waals surface area contributed by atoms with Gasteiger partial charge in [0.2, 0.25) is 11.8 Å². The maximum Gasteiger partial charge on any atom is 0.244 e. The summed E-state index contributed by atoms with van der Waals surface area (Å²) in [5.41, 5.74) is 0.200. The normalized spacial score (nSPS) is 14.6. The summed E-state index contributed by atoms with van der Waals surface area (Å²) in [4.78, 5) is 27.8. The smallest absolute Gasteiger partial charge is 0.244 e. The molecular formula is C15H16ClFN6O2. The van der Waals surface area contributed by atoms with E-state index in [9.17, 15) is 14.0 Å². The van der Waals surface area contributed by atoms with Gasteiger partial charge in [0.05, 0.1) is 6.42 Å². The first kappa shape index (κ1) is 17.3. The van der Waals surface area contributed by atoms with E-state index in [1.807, 2.05) is 0 Å². The number of carbonyl (C=O) groups excluding carboxylic acids is 2. The van der Waals surface area contributed by atoms with Gasteiger partial charge in [0, 0.05) is 36.8 Å². The minimum absolute atomic E-state index is 0.0613. The number of halogens is 2. The molecule has 0 bridgehead atoms. The van der Waals surface area contributed by atoms with Gasteiger partial charge < -0.3 is 9.80 Å². The summed E-state index contributed by atoms with van der Waals surface area (Å²) in [5.74, 6) is -0.813. The molecule has 1 aliphatic rings. The molecule has 1 aromatic heterocycles. The van der Waals surface area contributed by atoms with Gasteiger partial charge in [-0.25, -0.2) is 9.07 Å². The molecule has 2 aromatic rings. The molecule has 1 aromatic carbocycles. The van der Waals surface area contributed by atoms with E-state index in [0.29, 0.717) is 26.2 Å². The van der Waals surface area contributed by atoms with E-state index in [-0.39, 0.29) is 35.4 Å². The monoisotopic (exact) mass is 366 g/mol. The molecule has 2 amide bonds. The van der Waals surface area contributed by atoms with Crippen LogP contribution in [0.3, 0.4) is 0 Å². The van der Waals surface area contributed by atoms with Crippen LogP contribution < -0.4 is 0 Å². The highest BCUT2D eigenvalue weighted by atomic mass is 35.5. The molecule has 8 nitrogen and oxygen atoms in total. The summed E-state index contributed by atoms with van der Waals surface area (Å²) in [6.45, 7) is 1.68. The van der Waals surface area contributed by atoms with Gasteiger partial charge in [-0.05, 0) is 22.6 Å². The van der Waals surface area contributed by atoms with Gasteiger partial charge in [0.25, 0.3) is 0 Å². The fourth-order valence-corrected chi connectivity index (χ4v) is 2.89. The Bertz CT molecular complexity index is 741. The topological polar surface area (TPSA) is 84.2 Å². The van der Waals surface area contributed by atoms with Crippen molar-refractivity contribution in [1.29, 1.82) is 0 Å². The average Bonchev–Trinajstić information content (AvgIpc) is 3.11. The van der Waals surface area contributed by atoms with Crippen molar-refractivity contribution in [3.8, 4) is 0 Å². The number of carbonyl (C=O) groups is 2. The van der Waals surface area contributed by atoms with Crippen LogP contribution in [0.15, 0.2) is 24.5 Å². The summed E-state index contributed by atoms with van der Waals surface area (Å²) in [7, 11) is 0. The third kappa shape index (κ3) is 4.11. The third-order valence-electron chi connectivity index (χ3n) is 4.06. The van der Waals surface area contributed by atoms with Gasteiger partial charge in [0.1, 0.15) is 18.7 Å². The Morgan fingerprint density at radius 1 is 1.12 bits per heavy atom. The van der Waals surface area contributed by atoms with Crippen molar-refractivity contribution in [2.75, 3.05) is 26.2 Å². The summed E-state index contributed by atoms with van der Waals surface area (Å²) < 4.78 is 15.1. The molecule has 0 saturated carbocycles. The maximum atomic E-state index is 13.8. The molecule has 0 N–H and O–H groups in total. The number of benzene rings is 1. The van der Waals surface area contributed by atoms with Crippen LogP contribution in [0.1, 0.15) is 5.56 Å². The highest BCUT2D eigenvalue weighted by Gasteiger charge is 2.25. The first-order chi connectivity index (χ1) is 12.0. The van der Waals surface area contributed by atoms with Crippen LogP contribution >= 0.6 is 11.6 Å². The van der Waals surface area contributed by atoms with Crippen LogP contribution in [0.5, 0.6) is 0 Å². The molecule has 0 atom stereocenters. The molecule has 1 aliphatic heterocycles. The summed E-state index contributed by atoms with van der Waals surface area (Å²) in [5, 5.41) is 10.8. The lowest BCUT2D eigenvalue weighted by molar-refractivity contribution is -0.139. The molecule has 25 heavy (non-hydrogen) atoms. The Morgan fingerprint density at radius 2 is 1.80 bits per heavy atom. The average molecular weight is 367 g/mol. The van der Waals surface area contributed by atoms with Crippen molar-refractivity contribution < 1.29 is 14.0 Å². The van der Waals surface area contributed by atoms with Crippen molar-refractivity contribution in [1.82, 2.24) is 30.0 Å². The Morgan fingerprint density at radius 3 is 2.40 bits per heavy atom. The van der Waals surface area contributed by atoms with E-state index < -0.39 is 5.82 Å². The van der Waals surface area contributed by atoms with Gasteiger partial charge in [-0.3, -0.25) is 9.59 Å². The lowest BCUT2D eigenvalue weighted by Crippen LogP contribution is -2.51. The zero-order chi connectivity index (χ0) is 17.8. The summed E-state index contributed by atoms with van der Waals surface area (Å²) >= 11 is 5.96. The van der Waals surface area contributed by atoms with Crippen LogP contribution in [0.25, 0.3) is 0 Å². The standard InChI is InChI=1S/C15H16ClFN6O2/c16-12-2-1-3-13(17)11(12)8-14(24)21-4-6-22(7-5-21)15(25)9-23-10-18-19-20-23/h1-3,10H,4-9H2. The molecule has 132 valence electrons. The molecule has 0 unspecified atom stereocenters. The second-order valence-corrected chi connectivity index (χ2v) is 6.05. The molecule has 0 spiro atoms. The zero-order valence-corrected chi connectivity index (χ0v) is 14.1. The van der Waals surface area contributed by atoms with Crippen molar-refractivity contribution in [3.63, 3.8) is 0 Å².